The number of ether oxygens (including phenoxy) is 3. The summed E-state index contributed by atoms with van der Waals surface area (Å²) < 4.78 is 17.1. The summed E-state index contributed by atoms with van der Waals surface area (Å²) in [6.07, 6.45) is 3.51. The van der Waals surface area contributed by atoms with E-state index < -0.39 is 0 Å². The molecule has 1 aliphatic heterocycles. The monoisotopic (exact) mass is 516 g/mol. The van der Waals surface area contributed by atoms with Gasteiger partial charge in [0, 0.05) is 23.1 Å². The van der Waals surface area contributed by atoms with Crippen LogP contribution in [-0.4, -0.2) is 51.1 Å². The van der Waals surface area contributed by atoms with Crippen LogP contribution in [0.1, 0.15) is 35.7 Å². The van der Waals surface area contributed by atoms with Crippen LogP contribution in [0.5, 0.6) is 17.2 Å². The molecule has 0 radical (unpaired) electrons. The van der Waals surface area contributed by atoms with Crippen LogP contribution in [0.25, 0.3) is 6.08 Å². The minimum Gasteiger partial charge on any atom is -0.493 e. The van der Waals surface area contributed by atoms with E-state index in [-0.39, 0.29) is 17.5 Å². The maximum absolute atomic E-state index is 13.4. The SMILES string of the molecule is COc1cc(/C=C(\NC(=O)c2ccc(Br)cc2)C(=O)N2CCC(C)CC2)cc(OC)c1OC. The van der Waals surface area contributed by atoms with E-state index in [9.17, 15) is 9.59 Å². The van der Waals surface area contributed by atoms with E-state index in [0.29, 0.717) is 47.4 Å². The Morgan fingerprint density at radius 1 is 1.00 bits per heavy atom. The van der Waals surface area contributed by atoms with Crippen LogP contribution in [0.2, 0.25) is 0 Å². The number of carbonyl (C=O) groups excluding carboxylic acids is 2. The average molecular weight is 517 g/mol. The van der Waals surface area contributed by atoms with Crippen molar-refractivity contribution in [1.82, 2.24) is 10.2 Å². The first kappa shape index (κ1) is 24.6. The molecule has 0 saturated carbocycles. The smallest absolute Gasteiger partial charge is 0.270 e. The maximum Gasteiger partial charge on any atom is 0.270 e. The summed E-state index contributed by atoms with van der Waals surface area (Å²) >= 11 is 3.37. The molecule has 2 amide bonds. The van der Waals surface area contributed by atoms with Crippen LogP contribution in [-0.2, 0) is 4.79 Å². The molecule has 0 bridgehead atoms. The Kier molecular flexibility index (Phi) is 8.38. The summed E-state index contributed by atoms with van der Waals surface area (Å²) in [7, 11) is 4.59. The number of rotatable bonds is 7. The molecule has 0 spiro atoms. The van der Waals surface area contributed by atoms with Crippen molar-refractivity contribution in [2.24, 2.45) is 5.92 Å². The number of methoxy groups -OCH3 is 3. The molecule has 1 saturated heterocycles. The highest BCUT2D eigenvalue weighted by atomic mass is 79.9. The highest BCUT2D eigenvalue weighted by Crippen LogP contribution is 2.38. The zero-order chi connectivity index (χ0) is 24.0. The largest absolute Gasteiger partial charge is 0.493 e. The minimum atomic E-state index is -0.361. The van der Waals surface area contributed by atoms with Crippen LogP contribution in [0.3, 0.4) is 0 Å². The van der Waals surface area contributed by atoms with Crippen LogP contribution in [0.4, 0.5) is 0 Å². The van der Waals surface area contributed by atoms with E-state index in [4.69, 9.17) is 14.2 Å². The molecule has 1 aliphatic rings. The first-order chi connectivity index (χ1) is 15.9. The standard InChI is InChI=1S/C25H29BrN2O5/c1-16-9-11-28(12-10-16)25(30)20(27-24(29)18-5-7-19(26)8-6-18)13-17-14-21(31-2)23(33-4)22(15-17)32-3/h5-8,13-16H,9-12H2,1-4H3,(H,27,29)/b20-13-. The van der Waals surface area contributed by atoms with Gasteiger partial charge in [-0.2, -0.15) is 0 Å². The summed E-state index contributed by atoms with van der Waals surface area (Å²) in [6, 6.07) is 10.4. The second-order valence-electron chi connectivity index (χ2n) is 7.95. The number of amides is 2. The number of hydrogen-bond donors (Lipinski definition) is 1. The zero-order valence-corrected chi connectivity index (χ0v) is 20.9. The number of benzene rings is 2. The van der Waals surface area contributed by atoms with Crippen LogP contribution >= 0.6 is 15.9 Å². The van der Waals surface area contributed by atoms with Gasteiger partial charge in [0.05, 0.1) is 21.3 Å². The van der Waals surface area contributed by atoms with Crippen LogP contribution < -0.4 is 19.5 Å². The maximum atomic E-state index is 13.4. The molecule has 1 heterocycles. The number of nitrogens with zero attached hydrogens (tertiary/aromatic N) is 1. The first-order valence-corrected chi connectivity index (χ1v) is 11.5. The molecule has 0 unspecified atom stereocenters. The molecule has 3 rings (SSSR count). The van der Waals surface area contributed by atoms with E-state index >= 15 is 0 Å². The van der Waals surface area contributed by atoms with Crippen molar-refractivity contribution in [3.05, 3.63) is 57.7 Å². The Balaban J connectivity index is 1.98. The van der Waals surface area contributed by atoms with Gasteiger partial charge in [-0.3, -0.25) is 9.59 Å². The molecule has 33 heavy (non-hydrogen) atoms. The van der Waals surface area contributed by atoms with Crippen molar-refractivity contribution in [2.45, 2.75) is 19.8 Å². The molecule has 8 heteroatoms. The van der Waals surface area contributed by atoms with Crippen molar-refractivity contribution in [1.29, 1.82) is 0 Å². The lowest BCUT2D eigenvalue weighted by Crippen LogP contribution is -2.42. The lowest BCUT2D eigenvalue weighted by Gasteiger charge is -2.31. The lowest BCUT2D eigenvalue weighted by molar-refractivity contribution is -0.128. The van der Waals surface area contributed by atoms with Crippen LogP contribution in [0, 0.1) is 5.92 Å². The van der Waals surface area contributed by atoms with Gasteiger partial charge in [0.1, 0.15) is 5.70 Å². The lowest BCUT2D eigenvalue weighted by atomic mass is 9.99. The fraction of sp³-hybridized carbons (Fsp3) is 0.360. The second-order valence-corrected chi connectivity index (χ2v) is 8.87. The van der Waals surface area contributed by atoms with Gasteiger partial charge in [0.25, 0.3) is 11.8 Å². The average Bonchev–Trinajstić information content (AvgIpc) is 2.83. The molecular weight excluding hydrogens is 488 g/mol. The van der Waals surface area contributed by atoms with Gasteiger partial charge in [-0.1, -0.05) is 22.9 Å². The van der Waals surface area contributed by atoms with Gasteiger partial charge in [-0.15, -0.1) is 0 Å². The Bertz CT molecular complexity index is 1000. The molecule has 7 nitrogen and oxygen atoms in total. The predicted octanol–water partition coefficient (Wildman–Crippen LogP) is 4.50. The Labute approximate surface area is 202 Å². The third-order valence-electron chi connectivity index (χ3n) is 5.65. The Morgan fingerprint density at radius 2 is 1.58 bits per heavy atom. The first-order valence-electron chi connectivity index (χ1n) is 10.7. The van der Waals surface area contributed by atoms with Crippen molar-refractivity contribution >= 4 is 33.8 Å². The molecule has 2 aromatic rings. The number of likely N-dealkylation sites (tertiary alicyclic amines) is 1. The zero-order valence-electron chi connectivity index (χ0n) is 19.3. The summed E-state index contributed by atoms with van der Waals surface area (Å²) in [4.78, 5) is 28.1. The van der Waals surface area contributed by atoms with E-state index in [1.165, 1.54) is 21.3 Å². The summed E-state index contributed by atoms with van der Waals surface area (Å²) in [5.74, 6) is 1.37. The molecule has 176 valence electrons. The molecule has 2 aromatic carbocycles. The highest BCUT2D eigenvalue weighted by Gasteiger charge is 2.25. The molecule has 0 atom stereocenters. The van der Waals surface area contributed by atoms with Crippen molar-refractivity contribution in [3.8, 4) is 17.2 Å². The number of carbonyl (C=O) groups is 2. The van der Waals surface area contributed by atoms with Crippen molar-refractivity contribution < 1.29 is 23.8 Å². The predicted molar refractivity (Wildman–Crippen MR) is 131 cm³/mol. The van der Waals surface area contributed by atoms with Crippen LogP contribution in [0.15, 0.2) is 46.6 Å². The third-order valence-corrected chi connectivity index (χ3v) is 6.18. The summed E-state index contributed by atoms with van der Waals surface area (Å²) in [5, 5.41) is 2.82. The normalized spacial score (nSPS) is 14.6. The molecule has 1 N–H and O–H groups in total. The van der Waals surface area contributed by atoms with Gasteiger partial charge >= 0.3 is 0 Å². The van der Waals surface area contributed by atoms with Gasteiger partial charge in [0.2, 0.25) is 5.75 Å². The second kappa shape index (κ2) is 11.2. The summed E-state index contributed by atoms with van der Waals surface area (Å²) in [6.45, 7) is 3.49. The van der Waals surface area contributed by atoms with E-state index in [1.807, 2.05) is 0 Å². The van der Waals surface area contributed by atoms with E-state index in [1.54, 1.807) is 47.4 Å². The fourth-order valence-electron chi connectivity index (χ4n) is 3.68. The quantitative estimate of drug-likeness (QED) is 0.548. The fourth-order valence-corrected chi connectivity index (χ4v) is 3.94. The van der Waals surface area contributed by atoms with E-state index in [0.717, 1.165) is 17.3 Å². The van der Waals surface area contributed by atoms with Gasteiger partial charge in [-0.25, -0.2) is 0 Å². The van der Waals surface area contributed by atoms with Gasteiger partial charge < -0.3 is 24.4 Å². The highest BCUT2D eigenvalue weighted by molar-refractivity contribution is 9.10. The van der Waals surface area contributed by atoms with Crippen molar-refractivity contribution in [2.75, 3.05) is 34.4 Å². The molecular formula is C25H29BrN2O5. The molecule has 1 fully saturated rings. The Morgan fingerprint density at radius 3 is 2.09 bits per heavy atom. The van der Waals surface area contributed by atoms with Gasteiger partial charge in [-0.05, 0) is 66.8 Å². The number of halogens is 1. The minimum absolute atomic E-state index is 0.187. The van der Waals surface area contributed by atoms with Crippen molar-refractivity contribution in [3.63, 3.8) is 0 Å². The number of nitrogens with one attached hydrogen (secondary N) is 1. The summed E-state index contributed by atoms with van der Waals surface area (Å²) in [5.41, 5.74) is 1.27. The topological polar surface area (TPSA) is 77.1 Å². The third kappa shape index (κ3) is 6.07. The van der Waals surface area contributed by atoms with Gasteiger partial charge in [0.15, 0.2) is 11.5 Å². The molecule has 0 aromatic heterocycles. The Hall–Kier alpha value is -3.00. The van der Waals surface area contributed by atoms with E-state index in [2.05, 4.69) is 28.2 Å². The molecule has 0 aliphatic carbocycles. The number of hydrogen-bond acceptors (Lipinski definition) is 5. The number of piperidine rings is 1.